The van der Waals surface area contributed by atoms with Crippen molar-refractivity contribution < 1.29 is 17.5 Å². The fourth-order valence-electron chi connectivity index (χ4n) is 1.77. The van der Waals surface area contributed by atoms with Crippen LogP contribution >= 0.6 is 11.6 Å². The SMILES string of the molecule is Cc1cc(S(=O)(=O)NCCOc2ccccc2Cl)ccc1F. The molecule has 118 valence electrons. The van der Waals surface area contributed by atoms with E-state index in [1.165, 1.54) is 19.1 Å². The minimum atomic E-state index is -3.69. The Hall–Kier alpha value is -1.63. The van der Waals surface area contributed by atoms with Gasteiger partial charge in [-0.25, -0.2) is 17.5 Å². The molecule has 0 bridgehead atoms. The monoisotopic (exact) mass is 343 g/mol. The highest BCUT2D eigenvalue weighted by Gasteiger charge is 2.14. The van der Waals surface area contributed by atoms with Crippen molar-refractivity contribution in [1.82, 2.24) is 4.72 Å². The van der Waals surface area contributed by atoms with Crippen molar-refractivity contribution in [3.05, 3.63) is 58.9 Å². The zero-order valence-corrected chi connectivity index (χ0v) is 13.4. The zero-order chi connectivity index (χ0) is 16.2. The molecule has 0 atom stereocenters. The lowest BCUT2D eigenvalue weighted by atomic mass is 10.2. The Morgan fingerprint density at radius 2 is 1.95 bits per heavy atom. The first-order valence-corrected chi connectivity index (χ1v) is 8.39. The number of halogens is 2. The van der Waals surface area contributed by atoms with Gasteiger partial charge in [0.25, 0.3) is 0 Å². The first-order chi connectivity index (χ1) is 10.4. The normalized spacial score (nSPS) is 11.4. The van der Waals surface area contributed by atoms with Crippen molar-refractivity contribution in [1.29, 1.82) is 0 Å². The van der Waals surface area contributed by atoms with E-state index >= 15 is 0 Å². The standard InChI is InChI=1S/C15H15ClFNO3S/c1-11-10-12(6-7-14(11)17)22(19,20)18-8-9-21-15-5-3-2-4-13(15)16/h2-7,10,18H,8-9H2,1H3. The van der Waals surface area contributed by atoms with Gasteiger partial charge in [0.2, 0.25) is 10.0 Å². The molecule has 22 heavy (non-hydrogen) atoms. The lowest BCUT2D eigenvalue weighted by Gasteiger charge is -2.10. The van der Waals surface area contributed by atoms with E-state index in [2.05, 4.69) is 4.72 Å². The predicted octanol–water partition coefficient (Wildman–Crippen LogP) is 3.14. The Morgan fingerprint density at radius 3 is 2.64 bits per heavy atom. The van der Waals surface area contributed by atoms with Crippen molar-refractivity contribution >= 4 is 21.6 Å². The van der Waals surface area contributed by atoms with E-state index in [0.29, 0.717) is 10.8 Å². The molecule has 0 aliphatic carbocycles. The molecule has 2 rings (SSSR count). The van der Waals surface area contributed by atoms with E-state index in [0.717, 1.165) is 6.07 Å². The van der Waals surface area contributed by atoms with Crippen LogP contribution in [0.5, 0.6) is 5.75 Å². The van der Waals surface area contributed by atoms with Crippen LogP contribution in [-0.2, 0) is 10.0 Å². The van der Waals surface area contributed by atoms with E-state index in [-0.39, 0.29) is 23.6 Å². The zero-order valence-electron chi connectivity index (χ0n) is 11.8. The van der Waals surface area contributed by atoms with Gasteiger partial charge in [-0.3, -0.25) is 0 Å². The highest BCUT2D eigenvalue weighted by molar-refractivity contribution is 7.89. The molecule has 4 nitrogen and oxygen atoms in total. The summed E-state index contributed by atoms with van der Waals surface area (Å²) >= 11 is 5.92. The maximum absolute atomic E-state index is 13.2. The minimum Gasteiger partial charge on any atom is -0.491 e. The summed E-state index contributed by atoms with van der Waals surface area (Å²) in [6.07, 6.45) is 0. The Bertz CT molecular complexity index is 765. The van der Waals surface area contributed by atoms with Gasteiger partial charge in [-0.15, -0.1) is 0 Å². The Balaban J connectivity index is 1.93. The third-order valence-corrected chi connectivity index (χ3v) is 4.70. The molecule has 0 saturated carbocycles. The second kappa shape index (κ2) is 7.09. The molecule has 0 spiro atoms. The number of aryl methyl sites for hydroxylation is 1. The van der Waals surface area contributed by atoms with Gasteiger partial charge < -0.3 is 4.74 Å². The summed E-state index contributed by atoms with van der Waals surface area (Å²) in [6, 6.07) is 10.6. The van der Waals surface area contributed by atoms with E-state index in [1.54, 1.807) is 24.3 Å². The summed E-state index contributed by atoms with van der Waals surface area (Å²) in [5, 5.41) is 0.458. The molecular formula is C15H15ClFNO3S. The van der Waals surface area contributed by atoms with Crippen LogP contribution in [0.15, 0.2) is 47.4 Å². The predicted molar refractivity (Wildman–Crippen MR) is 83.3 cm³/mol. The number of para-hydroxylation sites is 1. The molecule has 1 N–H and O–H groups in total. The number of rotatable bonds is 6. The Morgan fingerprint density at radius 1 is 1.23 bits per heavy atom. The van der Waals surface area contributed by atoms with Gasteiger partial charge in [-0.05, 0) is 42.8 Å². The topological polar surface area (TPSA) is 55.4 Å². The largest absolute Gasteiger partial charge is 0.491 e. The van der Waals surface area contributed by atoms with Crippen molar-refractivity contribution in [2.24, 2.45) is 0 Å². The number of hydrogen-bond donors (Lipinski definition) is 1. The summed E-state index contributed by atoms with van der Waals surface area (Å²) in [4.78, 5) is 0.0177. The summed E-state index contributed by atoms with van der Waals surface area (Å²) in [7, 11) is -3.69. The molecule has 0 aliphatic rings. The molecule has 2 aromatic rings. The maximum atomic E-state index is 13.2. The molecule has 0 aliphatic heterocycles. The van der Waals surface area contributed by atoms with E-state index < -0.39 is 15.8 Å². The van der Waals surface area contributed by atoms with Crippen LogP contribution in [0.3, 0.4) is 0 Å². The number of nitrogens with one attached hydrogen (secondary N) is 1. The van der Waals surface area contributed by atoms with E-state index in [1.807, 2.05) is 0 Å². The van der Waals surface area contributed by atoms with Crippen molar-refractivity contribution in [2.45, 2.75) is 11.8 Å². The molecule has 2 aromatic carbocycles. The van der Waals surface area contributed by atoms with Gasteiger partial charge in [-0.2, -0.15) is 0 Å². The molecule has 0 radical (unpaired) electrons. The molecule has 7 heteroatoms. The number of hydrogen-bond acceptors (Lipinski definition) is 3. The molecular weight excluding hydrogens is 329 g/mol. The van der Waals surface area contributed by atoms with Crippen LogP contribution in [0.4, 0.5) is 4.39 Å². The van der Waals surface area contributed by atoms with Crippen molar-refractivity contribution in [2.75, 3.05) is 13.2 Å². The fraction of sp³-hybridized carbons (Fsp3) is 0.200. The van der Waals surface area contributed by atoms with Gasteiger partial charge in [0, 0.05) is 6.54 Å². The lowest BCUT2D eigenvalue weighted by Crippen LogP contribution is -2.28. The second-order valence-corrected chi connectivity index (χ2v) is 6.76. The highest BCUT2D eigenvalue weighted by Crippen LogP contribution is 2.22. The van der Waals surface area contributed by atoms with Gasteiger partial charge in [-0.1, -0.05) is 23.7 Å². The lowest BCUT2D eigenvalue weighted by molar-refractivity contribution is 0.323. The van der Waals surface area contributed by atoms with Gasteiger partial charge in [0.1, 0.15) is 18.2 Å². The molecule has 0 unspecified atom stereocenters. The van der Waals surface area contributed by atoms with Crippen LogP contribution in [0.2, 0.25) is 5.02 Å². The average Bonchev–Trinajstić information content (AvgIpc) is 2.48. The average molecular weight is 344 g/mol. The molecule has 0 fully saturated rings. The quantitative estimate of drug-likeness (QED) is 0.820. The molecule has 0 heterocycles. The van der Waals surface area contributed by atoms with Crippen molar-refractivity contribution in [3.8, 4) is 5.75 Å². The maximum Gasteiger partial charge on any atom is 0.240 e. The van der Waals surface area contributed by atoms with E-state index in [4.69, 9.17) is 16.3 Å². The Labute approximate surface area is 133 Å². The van der Waals surface area contributed by atoms with Crippen LogP contribution in [0.1, 0.15) is 5.56 Å². The fourth-order valence-corrected chi connectivity index (χ4v) is 3.05. The number of ether oxygens (including phenoxy) is 1. The summed E-state index contributed by atoms with van der Waals surface area (Å²) in [6.45, 7) is 1.71. The molecule has 0 saturated heterocycles. The molecule has 0 amide bonds. The number of sulfonamides is 1. The first-order valence-electron chi connectivity index (χ1n) is 6.53. The van der Waals surface area contributed by atoms with Gasteiger partial charge >= 0.3 is 0 Å². The van der Waals surface area contributed by atoms with Crippen LogP contribution in [0, 0.1) is 12.7 Å². The van der Waals surface area contributed by atoms with Gasteiger partial charge in [0.05, 0.1) is 9.92 Å². The van der Waals surface area contributed by atoms with E-state index in [9.17, 15) is 12.8 Å². The Kier molecular flexibility index (Phi) is 5.39. The molecule has 0 aromatic heterocycles. The summed E-state index contributed by atoms with van der Waals surface area (Å²) < 4.78 is 45.1. The highest BCUT2D eigenvalue weighted by atomic mass is 35.5. The minimum absolute atomic E-state index is 0.0177. The summed E-state index contributed by atoms with van der Waals surface area (Å²) in [5.41, 5.74) is 0.273. The third kappa shape index (κ3) is 4.19. The second-order valence-electron chi connectivity index (χ2n) is 4.59. The summed E-state index contributed by atoms with van der Waals surface area (Å²) in [5.74, 6) is 0.0435. The van der Waals surface area contributed by atoms with Crippen LogP contribution in [0.25, 0.3) is 0 Å². The smallest absolute Gasteiger partial charge is 0.240 e. The first kappa shape index (κ1) is 16.7. The van der Waals surface area contributed by atoms with Gasteiger partial charge in [0.15, 0.2) is 0 Å². The van der Waals surface area contributed by atoms with Crippen molar-refractivity contribution in [3.63, 3.8) is 0 Å². The van der Waals surface area contributed by atoms with Crippen LogP contribution < -0.4 is 9.46 Å². The third-order valence-electron chi connectivity index (χ3n) is 2.93. The van der Waals surface area contributed by atoms with Crippen LogP contribution in [-0.4, -0.2) is 21.6 Å². The number of benzene rings is 2.